The van der Waals surface area contributed by atoms with Gasteiger partial charge in [0.2, 0.25) is 0 Å². The van der Waals surface area contributed by atoms with Gasteiger partial charge in [-0.05, 0) is 31.5 Å². The van der Waals surface area contributed by atoms with Gasteiger partial charge in [-0.1, -0.05) is 18.6 Å². The number of nitrogens with one attached hydrogen (secondary N) is 3. The molecule has 1 unspecified atom stereocenters. The van der Waals surface area contributed by atoms with Gasteiger partial charge < -0.3 is 16.0 Å². The number of alkyl halides is 3. The molecule has 0 saturated carbocycles. The number of halogens is 3. The Labute approximate surface area is 121 Å². The van der Waals surface area contributed by atoms with Crippen molar-refractivity contribution in [3.05, 3.63) is 29.8 Å². The first kappa shape index (κ1) is 15.6. The maximum absolute atomic E-state index is 12.8. The van der Waals surface area contributed by atoms with Gasteiger partial charge in [0, 0.05) is 12.6 Å². The van der Waals surface area contributed by atoms with Crippen molar-refractivity contribution >= 4 is 11.7 Å². The first-order valence-corrected chi connectivity index (χ1v) is 6.91. The molecule has 1 atom stereocenters. The molecule has 1 fully saturated rings. The van der Waals surface area contributed by atoms with E-state index in [1.54, 1.807) is 0 Å². The van der Waals surface area contributed by atoms with E-state index in [4.69, 9.17) is 0 Å². The van der Waals surface area contributed by atoms with Gasteiger partial charge in [0.05, 0.1) is 11.3 Å². The number of carbonyl (C=O) groups is 1. The molecule has 1 aromatic rings. The lowest BCUT2D eigenvalue weighted by Crippen LogP contribution is -2.43. The Morgan fingerprint density at radius 3 is 2.76 bits per heavy atom. The lowest BCUT2D eigenvalue weighted by Gasteiger charge is -2.18. The number of urea groups is 1. The first-order valence-electron chi connectivity index (χ1n) is 6.91. The third-order valence-corrected chi connectivity index (χ3v) is 3.36. The van der Waals surface area contributed by atoms with Gasteiger partial charge in [-0.2, -0.15) is 13.2 Å². The van der Waals surface area contributed by atoms with Crippen molar-refractivity contribution in [1.82, 2.24) is 10.6 Å². The molecule has 0 radical (unpaired) electrons. The molecular weight excluding hydrogens is 283 g/mol. The van der Waals surface area contributed by atoms with Gasteiger partial charge in [-0.25, -0.2) is 4.79 Å². The van der Waals surface area contributed by atoms with E-state index in [1.807, 2.05) is 0 Å². The van der Waals surface area contributed by atoms with Crippen LogP contribution in [0.15, 0.2) is 24.3 Å². The Hall–Kier alpha value is -1.76. The van der Waals surface area contributed by atoms with Crippen LogP contribution >= 0.6 is 0 Å². The molecule has 21 heavy (non-hydrogen) atoms. The molecule has 1 aromatic carbocycles. The van der Waals surface area contributed by atoms with Crippen LogP contribution in [0.2, 0.25) is 0 Å². The normalized spacial score (nSPS) is 19.7. The second-order valence-electron chi connectivity index (χ2n) is 5.04. The van der Waals surface area contributed by atoms with Gasteiger partial charge in [0.15, 0.2) is 0 Å². The van der Waals surface area contributed by atoms with E-state index in [9.17, 15) is 18.0 Å². The second kappa shape index (κ2) is 6.80. The molecule has 3 N–H and O–H groups in total. The first-order chi connectivity index (χ1) is 9.97. The highest BCUT2D eigenvalue weighted by Crippen LogP contribution is 2.34. The van der Waals surface area contributed by atoms with Crippen LogP contribution in [0, 0.1) is 0 Å². The number of anilines is 1. The molecule has 0 aliphatic carbocycles. The summed E-state index contributed by atoms with van der Waals surface area (Å²) in [6.07, 6.45) is -1.65. The third kappa shape index (κ3) is 4.63. The van der Waals surface area contributed by atoms with E-state index >= 15 is 0 Å². The topological polar surface area (TPSA) is 53.2 Å². The summed E-state index contributed by atoms with van der Waals surface area (Å²) >= 11 is 0. The summed E-state index contributed by atoms with van der Waals surface area (Å²) in [6, 6.07) is 4.27. The van der Waals surface area contributed by atoms with E-state index in [0.717, 1.165) is 31.9 Å². The van der Waals surface area contributed by atoms with Crippen molar-refractivity contribution in [2.24, 2.45) is 0 Å². The SMILES string of the molecule is O=C(Nc1ccccc1C(F)(F)F)NC1CCCCNC1. The predicted molar refractivity (Wildman–Crippen MR) is 74.1 cm³/mol. The van der Waals surface area contributed by atoms with Crippen molar-refractivity contribution < 1.29 is 18.0 Å². The Balaban J connectivity index is 1.99. The van der Waals surface area contributed by atoms with Crippen molar-refractivity contribution in [1.29, 1.82) is 0 Å². The Kier molecular flexibility index (Phi) is 5.06. The lowest BCUT2D eigenvalue weighted by molar-refractivity contribution is -0.136. The Morgan fingerprint density at radius 1 is 1.24 bits per heavy atom. The maximum Gasteiger partial charge on any atom is 0.418 e. The number of rotatable bonds is 2. The molecule has 0 bridgehead atoms. The highest BCUT2D eigenvalue weighted by atomic mass is 19.4. The van der Waals surface area contributed by atoms with Crippen molar-refractivity contribution in [3.63, 3.8) is 0 Å². The van der Waals surface area contributed by atoms with Crippen molar-refractivity contribution in [3.8, 4) is 0 Å². The van der Waals surface area contributed by atoms with Crippen LogP contribution in [0.1, 0.15) is 24.8 Å². The number of amides is 2. The van der Waals surface area contributed by atoms with E-state index in [0.29, 0.717) is 6.54 Å². The third-order valence-electron chi connectivity index (χ3n) is 3.36. The van der Waals surface area contributed by atoms with Crippen LogP contribution in [0.25, 0.3) is 0 Å². The van der Waals surface area contributed by atoms with Gasteiger partial charge in [-0.3, -0.25) is 0 Å². The van der Waals surface area contributed by atoms with E-state index in [1.165, 1.54) is 18.2 Å². The number of carbonyl (C=O) groups excluding carboxylic acids is 1. The quantitative estimate of drug-likeness (QED) is 0.786. The van der Waals surface area contributed by atoms with Gasteiger partial charge in [-0.15, -0.1) is 0 Å². The summed E-state index contributed by atoms with van der Waals surface area (Å²) in [6.45, 7) is 1.53. The molecule has 4 nitrogen and oxygen atoms in total. The van der Waals surface area contributed by atoms with Gasteiger partial charge >= 0.3 is 12.2 Å². The average Bonchev–Trinajstić information content (AvgIpc) is 2.66. The Bertz CT molecular complexity index is 483. The lowest BCUT2D eigenvalue weighted by atomic mass is 10.1. The fourth-order valence-corrected chi connectivity index (χ4v) is 2.33. The maximum atomic E-state index is 12.8. The number of para-hydroxylation sites is 1. The van der Waals surface area contributed by atoms with Crippen molar-refractivity contribution in [2.75, 3.05) is 18.4 Å². The van der Waals surface area contributed by atoms with E-state index < -0.39 is 17.8 Å². The summed E-state index contributed by atoms with van der Waals surface area (Å²) < 4.78 is 38.5. The molecule has 0 spiro atoms. The highest BCUT2D eigenvalue weighted by Gasteiger charge is 2.33. The summed E-state index contributed by atoms with van der Waals surface area (Å²) in [5.41, 5.74) is -1.08. The second-order valence-corrected chi connectivity index (χ2v) is 5.04. The zero-order valence-corrected chi connectivity index (χ0v) is 11.5. The molecule has 2 rings (SSSR count). The smallest absolute Gasteiger partial charge is 0.334 e. The van der Waals surface area contributed by atoms with Crippen LogP contribution in [0.5, 0.6) is 0 Å². The zero-order valence-electron chi connectivity index (χ0n) is 11.5. The van der Waals surface area contributed by atoms with E-state index in [2.05, 4.69) is 16.0 Å². The molecule has 2 amide bonds. The van der Waals surface area contributed by atoms with Crippen LogP contribution in [-0.2, 0) is 6.18 Å². The average molecular weight is 301 g/mol. The molecular formula is C14H18F3N3O. The minimum atomic E-state index is -4.49. The zero-order chi connectivity index (χ0) is 15.3. The standard InChI is InChI=1S/C14H18F3N3O/c15-14(16,17)11-6-1-2-7-12(11)20-13(21)19-10-5-3-4-8-18-9-10/h1-2,6-7,10,18H,3-5,8-9H2,(H2,19,20,21). The minimum absolute atomic E-state index is 0.0643. The molecule has 1 heterocycles. The number of benzene rings is 1. The fourth-order valence-electron chi connectivity index (χ4n) is 2.33. The van der Waals surface area contributed by atoms with Crippen LogP contribution in [-0.4, -0.2) is 25.2 Å². The molecule has 116 valence electrons. The molecule has 7 heteroatoms. The summed E-state index contributed by atoms with van der Waals surface area (Å²) in [4.78, 5) is 11.9. The van der Waals surface area contributed by atoms with Crippen LogP contribution < -0.4 is 16.0 Å². The highest BCUT2D eigenvalue weighted by molar-refractivity contribution is 5.90. The van der Waals surface area contributed by atoms with Crippen LogP contribution in [0.3, 0.4) is 0 Å². The fraction of sp³-hybridized carbons (Fsp3) is 0.500. The number of hydrogen-bond donors (Lipinski definition) is 3. The number of hydrogen-bond acceptors (Lipinski definition) is 2. The largest absolute Gasteiger partial charge is 0.418 e. The Morgan fingerprint density at radius 2 is 2.00 bits per heavy atom. The van der Waals surface area contributed by atoms with Gasteiger partial charge in [0.25, 0.3) is 0 Å². The summed E-state index contributed by atoms with van der Waals surface area (Å²) in [5.74, 6) is 0. The summed E-state index contributed by atoms with van der Waals surface area (Å²) in [5, 5.41) is 8.17. The molecule has 1 aliphatic heterocycles. The minimum Gasteiger partial charge on any atom is -0.334 e. The predicted octanol–water partition coefficient (Wildman–Crippen LogP) is 2.97. The summed E-state index contributed by atoms with van der Waals surface area (Å²) in [7, 11) is 0. The monoisotopic (exact) mass is 301 g/mol. The van der Waals surface area contributed by atoms with Crippen LogP contribution in [0.4, 0.5) is 23.7 Å². The van der Waals surface area contributed by atoms with E-state index in [-0.39, 0.29) is 11.7 Å². The molecule has 1 aliphatic rings. The van der Waals surface area contributed by atoms with Gasteiger partial charge in [0.1, 0.15) is 0 Å². The molecule has 1 saturated heterocycles. The molecule has 0 aromatic heterocycles. The van der Waals surface area contributed by atoms with Crippen molar-refractivity contribution in [2.45, 2.75) is 31.5 Å².